The molecule has 1 heterocycles. The topological polar surface area (TPSA) is 55.6 Å². The van der Waals surface area contributed by atoms with Gasteiger partial charge in [0.1, 0.15) is 5.75 Å². The average molecular weight is 407 g/mol. The molecule has 1 aliphatic rings. The highest BCUT2D eigenvalue weighted by Crippen LogP contribution is 2.36. The highest BCUT2D eigenvalue weighted by Gasteiger charge is 2.30. The number of nitrogens with two attached hydrogens (primary N) is 1. The van der Waals surface area contributed by atoms with Crippen LogP contribution < -0.4 is 15.4 Å². The number of hydrogen-bond donors (Lipinski definition) is 1. The van der Waals surface area contributed by atoms with E-state index >= 15 is 0 Å². The minimum atomic E-state index is 0.0596. The molecule has 160 valence electrons. The van der Waals surface area contributed by atoms with Crippen LogP contribution in [-0.4, -0.2) is 25.6 Å². The molecule has 0 saturated carbocycles. The third-order valence-corrected chi connectivity index (χ3v) is 5.53. The van der Waals surface area contributed by atoms with E-state index in [-0.39, 0.29) is 5.91 Å². The summed E-state index contributed by atoms with van der Waals surface area (Å²) in [5.74, 6) is 0.995. The van der Waals surface area contributed by atoms with Gasteiger partial charge in [0.2, 0.25) is 0 Å². The van der Waals surface area contributed by atoms with E-state index in [1.807, 2.05) is 36.4 Å². The van der Waals surface area contributed by atoms with Crippen molar-refractivity contribution in [3.8, 4) is 5.75 Å². The lowest BCUT2D eigenvalue weighted by Crippen LogP contribution is -2.31. The van der Waals surface area contributed by atoms with E-state index < -0.39 is 0 Å². The Labute approximate surface area is 180 Å². The van der Waals surface area contributed by atoms with Crippen LogP contribution >= 0.6 is 0 Å². The van der Waals surface area contributed by atoms with Crippen molar-refractivity contribution >= 4 is 17.2 Å². The highest BCUT2D eigenvalue weighted by molar-refractivity contribution is 6.32. The largest absolute Gasteiger partial charge is 0.494 e. The standard InChI is InChI=1S/C26H34N2O2/c1-2-3-4-5-8-20-30-22-16-14-21(15-17-22)10-9-12-24-23-11-6-7-13-25(23)28(19-18-27)26(24)29/h6-7,11-17H,2-5,8-10,18-20,27H2,1H3. The number of carbonyl (C=O) groups is 1. The van der Waals surface area contributed by atoms with Gasteiger partial charge in [-0.25, -0.2) is 0 Å². The SMILES string of the molecule is CCCCCCCOc1ccc(CCC=C2C(=O)N(CCN)c3ccccc32)cc1. The molecule has 4 nitrogen and oxygen atoms in total. The van der Waals surface area contributed by atoms with E-state index in [2.05, 4.69) is 25.1 Å². The second kappa shape index (κ2) is 11.6. The van der Waals surface area contributed by atoms with Crippen molar-refractivity contribution < 1.29 is 9.53 Å². The molecule has 1 aliphatic heterocycles. The average Bonchev–Trinajstić information content (AvgIpc) is 3.03. The van der Waals surface area contributed by atoms with Crippen LogP contribution in [0.25, 0.3) is 5.57 Å². The number of ether oxygens (including phenoxy) is 1. The van der Waals surface area contributed by atoms with Crippen LogP contribution in [0.3, 0.4) is 0 Å². The van der Waals surface area contributed by atoms with Crippen molar-refractivity contribution in [2.45, 2.75) is 51.9 Å². The van der Waals surface area contributed by atoms with E-state index in [0.717, 1.165) is 48.4 Å². The molecule has 3 rings (SSSR count). The molecule has 0 spiro atoms. The summed E-state index contributed by atoms with van der Waals surface area (Å²) in [5.41, 5.74) is 9.72. The summed E-state index contributed by atoms with van der Waals surface area (Å²) in [4.78, 5) is 14.6. The maximum absolute atomic E-state index is 12.8. The number of para-hydroxylation sites is 1. The summed E-state index contributed by atoms with van der Waals surface area (Å²) in [6, 6.07) is 16.3. The number of benzene rings is 2. The van der Waals surface area contributed by atoms with Gasteiger partial charge < -0.3 is 15.4 Å². The van der Waals surface area contributed by atoms with Crippen LogP contribution in [0.4, 0.5) is 5.69 Å². The molecule has 2 N–H and O–H groups in total. The molecule has 0 radical (unpaired) electrons. The van der Waals surface area contributed by atoms with Crippen LogP contribution in [0.2, 0.25) is 0 Å². The van der Waals surface area contributed by atoms with Crippen molar-refractivity contribution in [1.82, 2.24) is 0 Å². The second-order valence-electron chi connectivity index (χ2n) is 7.83. The summed E-state index contributed by atoms with van der Waals surface area (Å²) in [6.07, 6.45) is 10.0. The van der Waals surface area contributed by atoms with Crippen molar-refractivity contribution in [2.75, 3.05) is 24.6 Å². The quantitative estimate of drug-likeness (QED) is 0.381. The minimum absolute atomic E-state index is 0.0596. The molecule has 0 unspecified atom stereocenters. The normalized spacial score (nSPS) is 14.4. The molecule has 2 aromatic carbocycles. The molecule has 2 aromatic rings. The molecule has 0 fully saturated rings. The lowest BCUT2D eigenvalue weighted by molar-refractivity contribution is -0.113. The van der Waals surface area contributed by atoms with Gasteiger partial charge in [-0.3, -0.25) is 4.79 Å². The van der Waals surface area contributed by atoms with E-state index in [1.165, 1.54) is 31.2 Å². The third kappa shape index (κ3) is 5.73. The van der Waals surface area contributed by atoms with Gasteiger partial charge in [-0.1, -0.05) is 69.0 Å². The van der Waals surface area contributed by atoms with Crippen LogP contribution in [0, 0.1) is 0 Å². The Morgan fingerprint density at radius 3 is 2.53 bits per heavy atom. The van der Waals surface area contributed by atoms with Crippen LogP contribution in [-0.2, 0) is 11.2 Å². The number of aryl methyl sites for hydroxylation is 1. The van der Waals surface area contributed by atoms with E-state index in [4.69, 9.17) is 10.5 Å². The Morgan fingerprint density at radius 1 is 1.00 bits per heavy atom. The lowest BCUT2D eigenvalue weighted by atomic mass is 10.0. The fourth-order valence-corrected chi connectivity index (χ4v) is 3.89. The maximum atomic E-state index is 12.8. The molecule has 0 aliphatic carbocycles. The Kier molecular flexibility index (Phi) is 8.52. The summed E-state index contributed by atoms with van der Waals surface area (Å²) in [5, 5.41) is 0. The fourth-order valence-electron chi connectivity index (χ4n) is 3.89. The zero-order chi connectivity index (χ0) is 21.2. The van der Waals surface area contributed by atoms with Gasteiger partial charge in [0.05, 0.1) is 12.3 Å². The number of amides is 1. The number of fused-ring (bicyclic) bond motifs is 1. The van der Waals surface area contributed by atoms with Crippen LogP contribution in [0.1, 0.15) is 56.6 Å². The Balaban J connectivity index is 1.51. The van der Waals surface area contributed by atoms with Gasteiger partial charge in [-0.2, -0.15) is 0 Å². The number of hydrogen-bond acceptors (Lipinski definition) is 3. The van der Waals surface area contributed by atoms with Crippen molar-refractivity contribution in [3.63, 3.8) is 0 Å². The van der Waals surface area contributed by atoms with Gasteiger partial charge in [0, 0.05) is 24.2 Å². The summed E-state index contributed by atoms with van der Waals surface area (Å²) in [7, 11) is 0. The number of nitrogens with zero attached hydrogens (tertiary/aromatic N) is 1. The molecule has 0 aromatic heterocycles. The molecule has 0 bridgehead atoms. The first-order valence-electron chi connectivity index (χ1n) is 11.3. The van der Waals surface area contributed by atoms with Gasteiger partial charge >= 0.3 is 0 Å². The van der Waals surface area contributed by atoms with Crippen LogP contribution in [0.15, 0.2) is 54.6 Å². The first kappa shape index (κ1) is 22.1. The molecule has 0 atom stereocenters. The Bertz CT molecular complexity index is 842. The monoisotopic (exact) mass is 406 g/mol. The van der Waals surface area contributed by atoms with E-state index in [0.29, 0.717) is 13.1 Å². The van der Waals surface area contributed by atoms with Gasteiger partial charge in [-0.15, -0.1) is 0 Å². The minimum Gasteiger partial charge on any atom is -0.494 e. The van der Waals surface area contributed by atoms with Crippen molar-refractivity contribution in [1.29, 1.82) is 0 Å². The van der Waals surface area contributed by atoms with Gasteiger partial charge in [0.25, 0.3) is 5.91 Å². The number of anilines is 1. The predicted octanol–water partition coefficient (Wildman–Crippen LogP) is 5.36. The Hall–Kier alpha value is -2.59. The van der Waals surface area contributed by atoms with Crippen molar-refractivity contribution in [3.05, 3.63) is 65.7 Å². The smallest absolute Gasteiger partial charge is 0.258 e. The second-order valence-corrected chi connectivity index (χ2v) is 7.83. The molecule has 30 heavy (non-hydrogen) atoms. The maximum Gasteiger partial charge on any atom is 0.258 e. The first-order chi connectivity index (χ1) is 14.7. The van der Waals surface area contributed by atoms with Gasteiger partial charge in [0.15, 0.2) is 0 Å². The van der Waals surface area contributed by atoms with E-state index in [9.17, 15) is 4.79 Å². The Morgan fingerprint density at radius 2 is 1.77 bits per heavy atom. The first-order valence-corrected chi connectivity index (χ1v) is 11.3. The predicted molar refractivity (Wildman–Crippen MR) is 125 cm³/mol. The number of allylic oxidation sites excluding steroid dienone is 1. The number of carbonyl (C=O) groups excluding carboxylic acids is 1. The third-order valence-electron chi connectivity index (χ3n) is 5.53. The zero-order valence-electron chi connectivity index (χ0n) is 18.1. The summed E-state index contributed by atoms with van der Waals surface area (Å²) in [6.45, 7) is 4.03. The van der Waals surface area contributed by atoms with E-state index in [1.54, 1.807) is 4.90 Å². The summed E-state index contributed by atoms with van der Waals surface area (Å²) >= 11 is 0. The molecule has 1 amide bonds. The summed E-state index contributed by atoms with van der Waals surface area (Å²) < 4.78 is 5.84. The molecule has 4 heteroatoms. The van der Waals surface area contributed by atoms with Crippen LogP contribution in [0.5, 0.6) is 5.75 Å². The fraction of sp³-hybridized carbons (Fsp3) is 0.423. The number of unbranched alkanes of at least 4 members (excludes halogenated alkanes) is 4. The van der Waals surface area contributed by atoms with Gasteiger partial charge in [-0.05, 0) is 43.0 Å². The number of rotatable bonds is 12. The molecular formula is C26H34N2O2. The lowest BCUT2D eigenvalue weighted by Gasteiger charge is -2.15. The molecule has 0 saturated heterocycles. The van der Waals surface area contributed by atoms with Crippen molar-refractivity contribution in [2.24, 2.45) is 5.73 Å². The highest BCUT2D eigenvalue weighted by atomic mass is 16.5. The zero-order valence-corrected chi connectivity index (χ0v) is 18.1. The molecular weight excluding hydrogens is 372 g/mol.